The number of nitrogens with zero attached hydrogens (tertiary/aromatic N) is 3. The highest BCUT2D eigenvalue weighted by Crippen LogP contribution is 2.39. The van der Waals surface area contributed by atoms with Crippen molar-refractivity contribution >= 4 is 27.6 Å². The molecule has 1 aromatic carbocycles. The molecule has 3 aromatic rings. The van der Waals surface area contributed by atoms with Crippen LogP contribution in [0.5, 0.6) is 5.75 Å². The molecule has 0 radical (unpaired) electrons. The fourth-order valence-corrected chi connectivity index (χ4v) is 5.71. The van der Waals surface area contributed by atoms with Gasteiger partial charge >= 0.3 is 0 Å². The molecule has 3 N–H and O–H groups in total. The summed E-state index contributed by atoms with van der Waals surface area (Å²) in [5, 5.41) is 0. The Morgan fingerprint density at radius 2 is 1.91 bits per heavy atom. The van der Waals surface area contributed by atoms with Gasteiger partial charge in [0.05, 0.1) is 18.4 Å². The van der Waals surface area contributed by atoms with E-state index in [9.17, 15) is 13.2 Å². The Hall–Kier alpha value is -3.66. The number of hydrogen-bond acceptors (Lipinski definition) is 8. The topological polar surface area (TPSA) is 128 Å². The maximum absolute atomic E-state index is 13.3. The predicted octanol–water partition coefficient (Wildman–Crippen LogP) is 3.48. The number of benzene rings is 1. The first-order valence-corrected chi connectivity index (χ1v) is 12.7. The number of rotatable bonds is 6. The van der Waals surface area contributed by atoms with Gasteiger partial charge in [0, 0.05) is 23.8 Å². The van der Waals surface area contributed by atoms with Crippen LogP contribution in [0.2, 0.25) is 0 Å². The maximum atomic E-state index is 13.3. The predicted molar refractivity (Wildman–Crippen MR) is 135 cm³/mol. The van der Waals surface area contributed by atoms with Crippen molar-refractivity contribution in [2.75, 3.05) is 24.3 Å². The van der Waals surface area contributed by atoms with Crippen molar-refractivity contribution in [3.63, 3.8) is 0 Å². The minimum Gasteiger partial charge on any atom is -0.496 e. The van der Waals surface area contributed by atoms with Gasteiger partial charge in [-0.2, -0.15) is 0 Å². The highest BCUT2D eigenvalue weighted by molar-refractivity contribution is 7.90. The highest BCUT2D eigenvalue weighted by atomic mass is 32.2. The van der Waals surface area contributed by atoms with Crippen molar-refractivity contribution in [3.8, 4) is 17.0 Å². The van der Waals surface area contributed by atoms with Crippen molar-refractivity contribution in [1.29, 1.82) is 0 Å². The molecule has 10 heteroatoms. The van der Waals surface area contributed by atoms with E-state index in [1.54, 1.807) is 19.2 Å². The third-order valence-electron chi connectivity index (χ3n) is 6.15. The number of ether oxygens (including phenoxy) is 1. The van der Waals surface area contributed by atoms with E-state index in [4.69, 9.17) is 15.5 Å². The molecule has 1 amide bonds. The van der Waals surface area contributed by atoms with Crippen LogP contribution >= 0.6 is 0 Å². The number of sulfonamides is 1. The third kappa shape index (κ3) is 4.79. The molecule has 3 heterocycles. The molecule has 9 nitrogen and oxygen atoms in total. The van der Waals surface area contributed by atoms with E-state index in [0.29, 0.717) is 29.7 Å². The Bertz CT molecular complexity index is 1370. The van der Waals surface area contributed by atoms with Crippen LogP contribution in [0.1, 0.15) is 37.6 Å². The molecule has 1 fully saturated rings. The number of nitrogen functional groups attached to an aromatic ring is 1. The molecular weight excluding hydrogens is 466 g/mol. The number of aromatic nitrogens is 2. The fraction of sp³-hybridized carbons (Fsp3) is 0.320. The zero-order valence-electron chi connectivity index (χ0n) is 20.1. The zero-order valence-corrected chi connectivity index (χ0v) is 21.0. The number of carbonyl (C=O) groups excluding carboxylic acids is 1. The van der Waals surface area contributed by atoms with Gasteiger partial charge in [-0.15, -0.1) is 0 Å². The highest BCUT2D eigenvalue weighted by Gasteiger charge is 2.39. The van der Waals surface area contributed by atoms with E-state index in [-0.39, 0.29) is 21.8 Å². The van der Waals surface area contributed by atoms with Crippen LogP contribution in [0.15, 0.2) is 59.6 Å². The van der Waals surface area contributed by atoms with Gasteiger partial charge in [0.25, 0.3) is 15.9 Å². The molecular formula is C25H29N5O4S. The SMILES string of the molecule is COc1ccccc1-c1ccc(C(=O)NS(=O)(=O)c2cccnc2N)c(N2C[C@@H](C)CC2(C)C)n1. The fourth-order valence-electron chi connectivity index (χ4n) is 4.66. The van der Waals surface area contributed by atoms with Gasteiger partial charge in [-0.1, -0.05) is 19.1 Å². The normalized spacial score (nSPS) is 17.3. The van der Waals surface area contributed by atoms with Crippen LogP contribution < -0.4 is 20.1 Å². The minimum absolute atomic E-state index is 0.150. The second-order valence-electron chi connectivity index (χ2n) is 9.32. The Labute approximate surface area is 205 Å². The summed E-state index contributed by atoms with van der Waals surface area (Å²) >= 11 is 0. The first-order valence-electron chi connectivity index (χ1n) is 11.2. The number of amides is 1. The summed E-state index contributed by atoms with van der Waals surface area (Å²) in [5.41, 5.74) is 6.99. The van der Waals surface area contributed by atoms with Crippen LogP contribution in [-0.2, 0) is 10.0 Å². The Kier molecular flexibility index (Phi) is 6.42. The number of para-hydroxylation sites is 1. The van der Waals surface area contributed by atoms with Crippen molar-refractivity contribution in [2.24, 2.45) is 5.92 Å². The van der Waals surface area contributed by atoms with Crippen molar-refractivity contribution in [3.05, 3.63) is 60.3 Å². The molecule has 0 aliphatic carbocycles. The summed E-state index contributed by atoms with van der Waals surface area (Å²) in [7, 11) is -2.66. The van der Waals surface area contributed by atoms with Gasteiger partial charge in [-0.3, -0.25) is 4.79 Å². The minimum atomic E-state index is -4.24. The monoisotopic (exact) mass is 495 g/mol. The molecule has 0 spiro atoms. The van der Waals surface area contributed by atoms with Crippen molar-refractivity contribution in [2.45, 2.75) is 37.6 Å². The Morgan fingerprint density at radius 3 is 2.57 bits per heavy atom. The lowest BCUT2D eigenvalue weighted by molar-refractivity contribution is 0.0981. The standard InChI is InChI=1S/C25H29N5O4S/c1-16-14-25(2,3)30(15-16)23-18(11-12-19(28-23)17-8-5-6-9-20(17)34-4)24(31)29-35(32,33)21-10-7-13-27-22(21)26/h5-13,16H,14-15H2,1-4H3,(H2,26,27)(H,29,31)/t16-/m0/s1. The van der Waals surface area contributed by atoms with Gasteiger partial charge < -0.3 is 15.4 Å². The number of methoxy groups -OCH3 is 1. The lowest BCUT2D eigenvalue weighted by atomic mass is 9.97. The molecule has 4 rings (SSSR count). The summed E-state index contributed by atoms with van der Waals surface area (Å²) in [4.78, 5) is 23.8. The van der Waals surface area contributed by atoms with Gasteiger partial charge in [0.1, 0.15) is 22.3 Å². The third-order valence-corrected chi connectivity index (χ3v) is 7.53. The summed E-state index contributed by atoms with van der Waals surface area (Å²) < 4.78 is 33.5. The van der Waals surface area contributed by atoms with Gasteiger partial charge in [0.2, 0.25) is 0 Å². The summed E-state index contributed by atoms with van der Waals surface area (Å²) in [6.45, 7) is 6.99. The molecule has 1 aliphatic rings. The number of pyridine rings is 2. The molecule has 2 aromatic heterocycles. The van der Waals surface area contributed by atoms with E-state index in [1.165, 1.54) is 18.3 Å². The van der Waals surface area contributed by atoms with Crippen molar-refractivity contribution in [1.82, 2.24) is 14.7 Å². The largest absolute Gasteiger partial charge is 0.496 e. The second kappa shape index (κ2) is 9.18. The van der Waals surface area contributed by atoms with Crippen LogP contribution in [0, 0.1) is 5.92 Å². The van der Waals surface area contributed by atoms with Crippen LogP contribution in [0.3, 0.4) is 0 Å². The van der Waals surface area contributed by atoms with E-state index in [2.05, 4.69) is 35.4 Å². The van der Waals surface area contributed by atoms with Gasteiger partial charge in [-0.25, -0.2) is 23.1 Å². The molecule has 0 bridgehead atoms. The first-order chi connectivity index (χ1) is 16.5. The first kappa shape index (κ1) is 24.5. The van der Waals surface area contributed by atoms with E-state index < -0.39 is 15.9 Å². The number of carbonyl (C=O) groups is 1. The molecule has 0 unspecified atom stereocenters. The quantitative estimate of drug-likeness (QED) is 0.532. The number of nitrogens with one attached hydrogen (secondary N) is 1. The number of hydrogen-bond donors (Lipinski definition) is 2. The van der Waals surface area contributed by atoms with Gasteiger partial charge in [0.15, 0.2) is 0 Å². The Morgan fingerprint density at radius 1 is 1.17 bits per heavy atom. The molecule has 184 valence electrons. The molecule has 35 heavy (non-hydrogen) atoms. The van der Waals surface area contributed by atoms with E-state index >= 15 is 0 Å². The molecule has 0 saturated carbocycles. The molecule has 1 atom stereocenters. The zero-order chi connectivity index (χ0) is 25.4. The average molecular weight is 496 g/mol. The Balaban J connectivity index is 1.80. The average Bonchev–Trinajstić information content (AvgIpc) is 3.10. The van der Waals surface area contributed by atoms with E-state index in [0.717, 1.165) is 12.0 Å². The van der Waals surface area contributed by atoms with Crippen LogP contribution in [-0.4, -0.2) is 43.5 Å². The van der Waals surface area contributed by atoms with Crippen LogP contribution in [0.25, 0.3) is 11.3 Å². The van der Waals surface area contributed by atoms with Crippen molar-refractivity contribution < 1.29 is 17.9 Å². The maximum Gasteiger partial charge on any atom is 0.268 e. The summed E-state index contributed by atoms with van der Waals surface area (Å²) in [6.07, 6.45) is 2.28. The second-order valence-corrected chi connectivity index (χ2v) is 11.0. The van der Waals surface area contributed by atoms with Gasteiger partial charge in [-0.05, 0) is 62.6 Å². The smallest absolute Gasteiger partial charge is 0.268 e. The molecule has 1 saturated heterocycles. The summed E-state index contributed by atoms with van der Waals surface area (Å²) in [5.74, 6) is 0.447. The lowest BCUT2D eigenvalue weighted by Crippen LogP contribution is -2.41. The lowest BCUT2D eigenvalue weighted by Gasteiger charge is -2.34. The number of anilines is 2. The number of nitrogens with two attached hydrogens (primary N) is 1. The van der Waals surface area contributed by atoms with E-state index in [1.807, 2.05) is 24.3 Å². The summed E-state index contributed by atoms with van der Waals surface area (Å²) in [6, 6.07) is 13.5. The van der Waals surface area contributed by atoms with Crippen LogP contribution in [0.4, 0.5) is 11.6 Å². The molecule has 1 aliphatic heterocycles.